The van der Waals surface area contributed by atoms with Gasteiger partial charge in [-0.25, -0.2) is 0 Å². The molecule has 1 rings (SSSR count). The van der Waals surface area contributed by atoms with E-state index in [1.54, 1.807) is 0 Å². The first-order valence-electron chi connectivity index (χ1n) is 5.87. The zero-order chi connectivity index (χ0) is 12.9. The van der Waals surface area contributed by atoms with E-state index in [9.17, 15) is 14.7 Å². The third-order valence-corrected chi connectivity index (χ3v) is 2.83. The number of rotatable bonds is 7. The van der Waals surface area contributed by atoms with Gasteiger partial charge in [-0.15, -0.1) is 0 Å². The van der Waals surface area contributed by atoms with E-state index in [4.69, 9.17) is 10.5 Å². The third-order valence-electron chi connectivity index (χ3n) is 2.83. The second-order valence-corrected chi connectivity index (χ2v) is 4.41. The molecule has 1 heterocycles. The van der Waals surface area contributed by atoms with Gasteiger partial charge in [0, 0.05) is 6.61 Å². The van der Waals surface area contributed by atoms with Crippen molar-refractivity contribution in [2.45, 2.75) is 31.8 Å². The Morgan fingerprint density at radius 3 is 2.59 bits per heavy atom. The molecule has 6 nitrogen and oxygen atoms in total. The highest BCUT2D eigenvalue weighted by molar-refractivity contribution is 5.88. The highest BCUT2D eigenvalue weighted by atomic mass is 16.5. The summed E-state index contributed by atoms with van der Waals surface area (Å²) in [7, 11) is 0. The summed E-state index contributed by atoms with van der Waals surface area (Å²) in [6.45, 7) is 2.60. The monoisotopic (exact) mass is 244 g/mol. The zero-order valence-corrected chi connectivity index (χ0v) is 10.1. The topological polar surface area (TPSA) is 92.9 Å². The number of β-amino-alcohol motifs (C(OH)–C–C–N with tert-alkyl or cyclic N) is 1. The van der Waals surface area contributed by atoms with Gasteiger partial charge in [0.2, 0.25) is 5.91 Å². The molecule has 98 valence electrons. The molecular formula is C11H20N2O4. The number of amides is 2. The fourth-order valence-electron chi connectivity index (χ4n) is 1.62. The lowest BCUT2D eigenvalue weighted by atomic mass is 9.93. The van der Waals surface area contributed by atoms with Crippen molar-refractivity contribution < 1.29 is 19.4 Å². The summed E-state index contributed by atoms with van der Waals surface area (Å²) in [5, 5.41) is 9.54. The molecule has 0 radical (unpaired) electrons. The molecule has 0 saturated carbocycles. The maximum atomic E-state index is 11.5. The lowest BCUT2D eigenvalue weighted by molar-refractivity contribution is -0.168. The van der Waals surface area contributed by atoms with Crippen LogP contribution in [0.1, 0.15) is 26.2 Å². The Morgan fingerprint density at radius 2 is 2.06 bits per heavy atom. The number of carbonyl (C=O) groups excluding carboxylic acids is 2. The number of hydrogen-bond donors (Lipinski definition) is 2. The van der Waals surface area contributed by atoms with Crippen LogP contribution in [0.15, 0.2) is 0 Å². The standard InChI is InChI=1S/C11H20N2O4/c1-2-3-4-5-17-6-9(14)13-7-11(16,8-13)10(12)15/h16H,2-8H2,1H3,(H2,12,15). The number of hydrogen-bond acceptors (Lipinski definition) is 4. The minimum Gasteiger partial charge on any atom is -0.377 e. The van der Waals surface area contributed by atoms with Gasteiger partial charge in [0.05, 0.1) is 13.1 Å². The van der Waals surface area contributed by atoms with Gasteiger partial charge in [0.15, 0.2) is 5.60 Å². The molecule has 0 aliphatic carbocycles. The first-order valence-corrected chi connectivity index (χ1v) is 5.87. The average molecular weight is 244 g/mol. The molecule has 0 bridgehead atoms. The summed E-state index contributed by atoms with van der Waals surface area (Å²) in [5.74, 6) is -1.00. The van der Waals surface area contributed by atoms with Gasteiger partial charge in [0.25, 0.3) is 5.91 Å². The lowest BCUT2D eigenvalue weighted by Gasteiger charge is -2.43. The first kappa shape index (κ1) is 13.9. The molecule has 17 heavy (non-hydrogen) atoms. The Balaban J connectivity index is 2.13. The molecule has 0 aromatic rings. The number of carbonyl (C=O) groups is 2. The average Bonchev–Trinajstić information content (AvgIpc) is 2.23. The predicted octanol–water partition coefficient (Wildman–Crippen LogP) is -0.748. The van der Waals surface area contributed by atoms with Crippen molar-refractivity contribution in [2.75, 3.05) is 26.3 Å². The maximum Gasteiger partial charge on any atom is 0.253 e. The zero-order valence-electron chi connectivity index (χ0n) is 10.1. The summed E-state index contributed by atoms with van der Waals surface area (Å²) >= 11 is 0. The summed E-state index contributed by atoms with van der Waals surface area (Å²) in [6, 6.07) is 0. The number of aliphatic hydroxyl groups is 1. The van der Waals surface area contributed by atoms with Crippen LogP contribution in [0.25, 0.3) is 0 Å². The van der Waals surface area contributed by atoms with Crippen LogP contribution in [0, 0.1) is 0 Å². The van der Waals surface area contributed by atoms with Gasteiger partial charge in [-0.1, -0.05) is 19.8 Å². The molecule has 1 fully saturated rings. The number of primary amides is 1. The molecular weight excluding hydrogens is 224 g/mol. The van der Waals surface area contributed by atoms with E-state index in [1.165, 1.54) is 4.90 Å². The third kappa shape index (κ3) is 3.67. The van der Waals surface area contributed by atoms with E-state index in [2.05, 4.69) is 6.92 Å². The van der Waals surface area contributed by atoms with Crippen molar-refractivity contribution in [3.63, 3.8) is 0 Å². The second kappa shape index (κ2) is 5.97. The second-order valence-electron chi connectivity index (χ2n) is 4.41. The van der Waals surface area contributed by atoms with E-state index in [1.807, 2.05) is 0 Å². The number of likely N-dealkylation sites (tertiary alicyclic amines) is 1. The van der Waals surface area contributed by atoms with Crippen LogP contribution in [-0.4, -0.2) is 53.7 Å². The van der Waals surface area contributed by atoms with Gasteiger partial charge in [-0.2, -0.15) is 0 Å². The van der Waals surface area contributed by atoms with Crippen LogP contribution in [0.2, 0.25) is 0 Å². The van der Waals surface area contributed by atoms with Gasteiger partial charge in [0.1, 0.15) is 6.61 Å². The minimum absolute atomic E-state index is 0.00143. The highest BCUT2D eigenvalue weighted by Crippen LogP contribution is 2.20. The normalized spacial score (nSPS) is 17.6. The van der Waals surface area contributed by atoms with Gasteiger partial charge < -0.3 is 20.5 Å². The summed E-state index contributed by atoms with van der Waals surface area (Å²) in [4.78, 5) is 23.7. The lowest BCUT2D eigenvalue weighted by Crippen LogP contribution is -2.69. The SMILES string of the molecule is CCCCCOCC(=O)N1CC(O)(C(N)=O)C1. The maximum absolute atomic E-state index is 11.5. The van der Waals surface area contributed by atoms with Crippen LogP contribution >= 0.6 is 0 Å². The molecule has 6 heteroatoms. The Kier molecular flexibility index (Phi) is 4.89. The molecule has 0 aromatic carbocycles. The Hall–Kier alpha value is -1.14. The van der Waals surface area contributed by atoms with Gasteiger partial charge in [-0.05, 0) is 6.42 Å². The number of ether oxygens (including phenoxy) is 1. The van der Waals surface area contributed by atoms with E-state index in [0.717, 1.165) is 19.3 Å². The molecule has 0 atom stereocenters. The Labute approximate surface area is 101 Å². The molecule has 3 N–H and O–H groups in total. The van der Waals surface area contributed by atoms with Crippen molar-refractivity contribution in [2.24, 2.45) is 5.73 Å². The van der Waals surface area contributed by atoms with Crippen molar-refractivity contribution in [3.05, 3.63) is 0 Å². The van der Waals surface area contributed by atoms with Crippen molar-refractivity contribution in [3.8, 4) is 0 Å². The van der Waals surface area contributed by atoms with Crippen LogP contribution in [-0.2, 0) is 14.3 Å². The summed E-state index contributed by atoms with van der Waals surface area (Å²) < 4.78 is 5.19. The quantitative estimate of drug-likeness (QED) is 0.576. The summed E-state index contributed by atoms with van der Waals surface area (Å²) in [6.07, 6.45) is 3.13. The van der Waals surface area contributed by atoms with E-state index in [-0.39, 0.29) is 25.6 Å². The van der Waals surface area contributed by atoms with Crippen LogP contribution < -0.4 is 5.73 Å². The molecule has 0 unspecified atom stereocenters. The molecule has 0 spiro atoms. The molecule has 2 amide bonds. The van der Waals surface area contributed by atoms with Gasteiger partial charge >= 0.3 is 0 Å². The molecule has 1 aliphatic heterocycles. The molecule has 1 aliphatic rings. The van der Waals surface area contributed by atoms with Gasteiger partial charge in [-0.3, -0.25) is 9.59 Å². The Bertz CT molecular complexity index is 287. The van der Waals surface area contributed by atoms with Crippen molar-refractivity contribution >= 4 is 11.8 Å². The van der Waals surface area contributed by atoms with E-state index >= 15 is 0 Å². The predicted molar refractivity (Wildman–Crippen MR) is 61.1 cm³/mol. The van der Waals surface area contributed by atoms with E-state index in [0.29, 0.717) is 6.61 Å². The van der Waals surface area contributed by atoms with Crippen LogP contribution in [0.4, 0.5) is 0 Å². The molecule has 1 saturated heterocycles. The van der Waals surface area contributed by atoms with Crippen molar-refractivity contribution in [1.29, 1.82) is 0 Å². The largest absolute Gasteiger partial charge is 0.377 e. The van der Waals surface area contributed by atoms with Crippen LogP contribution in [0.5, 0.6) is 0 Å². The Morgan fingerprint density at radius 1 is 1.41 bits per heavy atom. The number of nitrogens with zero attached hydrogens (tertiary/aromatic N) is 1. The minimum atomic E-state index is -1.54. The smallest absolute Gasteiger partial charge is 0.253 e. The fraction of sp³-hybridized carbons (Fsp3) is 0.818. The number of unbranched alkanes of at least 4 members (excludes halogenated alkanes) is 2. The fourth-order valence-corrected chi connectivity index (χ4v) is 1.62. The number of nitrogens with two attached hydrogens (primary N) is 1. The van der Waals surface area contributed by atoms with Crippen molar-refractivity contribution in [1.82, 2.24) is 4.90 Å². The first-order chi connectivity index (χ1) is 7.99. The summed E-state index contributed by atoms with van der Waals surface area (Å²) in [5.41, 5.74) is 3.45. The van der Waals surface area contributed by atoms with Crippen LogP contribution in [0.3, 0.4) is 0 Å². The molecule has 0 aromatic heterocycles. The van der Waals surface area contributed by atoms with E-state index < -0.39 is 11.5 Å². The highest BCUT2D eigenvalue weighted by Gasteiger charge is 2.48.